The number of carbonyl (C=O) groups excluding carboxylic acids is 2. The van der Waals surface area contributed by atoms with Crippen LogP contribution in [0.4, 0.5) is 5.82 Å². The molecule has 2 amide bonds. The fraction of sp³-hybridized carbons (Fsp3) is 0.476. The van der Waals surface area contributed by atoms with Crippen LogP contribution in [0.1, 0.15) is 40.9 Å². The first-order valence-electron chi connectivity index (χ1n) is 9.83. The Morgan fingerprint density at radius 2 is 1.86 bits per heavy atom. The molecule has 1 saturated heterocycles. The monoisotopic (exact) mass is 384 g/mol. The second-order valence-electron chi connectivity index (χ2n) is 7.37. The van der Waals surface area contributed by atoms with Gasteiger partial charge >= 0.3 is 0 Å². The van der Waals surface area contributed by atoms with Crippen LogP contribution in [0.15, 0.2) is 34.9 Å². The number of carbonyl (C=O) groups is 2. The van der Waals surface area contributed by atoms with Gasteiger partial charge in [-0.3, -0.25) is 9.59 Å². The van der Waals surface area contributed by atoms with Crippen LogP contribution in [0.5, 0.6) is 0 Å². The fourth-order valence-corrected chi connectivity index (χ4v) is 3.36. The SMILES string of the molecule is Cc1ccc(C(=O)N(CCN2CCCCC2)CC(=O)Nc2cc(C)on2)cc1. The van der Waals surface area contributed by atoms with E-state index in [-0.39, 0.29) is 18.4 Å². The van der Waals surface area contributed by atoms with Crippen LogP contribution in [0, 0.1) is 13.8 Å². The average molecular weight is 384 g/mol. The van der Waals surface area contributed by atoms with Crippen molar-refractivity contribution in [1.82, 2.24) is 15.0 Å². The van der Waals surface area contributed by atoms with Crippen molar-refractivity contribution in [1.29, 1.82) is 0 Å². The molecule has 1 N–H and O–H groups in total. The lowest BCUT2D eigenvalue weighted by Gasteiger charge is -2.30. The molecule has 0 unspecified atom stereocenters. The number of amides is 2. The van der Waals surface area contributed by atoms with E-state index in [0.717, 1.165) is 25.2 Å². The molecule has 0 aliphatic carbocycles. The van der Waals surface area contributed by atoms with Gasteiger partial charge in [-0.1, -0.05) is 29.3 Å². The summed E-state index contributed by atoms with van der Waals surface area (Å²) >= 11 is 0. The minimum atomic E-state index is -0.285. The molecule has 7 heteroatoms. The number of likely N-dealkylation sites (tertiary alicyclic amines) is 1. The van der Waals surface area contributed by atoms with Gasteiger partial charge in [0.05, 0.1) is 0 Å². The zero-order chi connectivity index (χ0) is 19.9. The van der Waals surface area contributed by atoms with E-state index in [2.05, 4.69) is 15.4 Å². The first-order chi connectivity index (χ1) is 13.5. The highest BCUT2D eigenvalue weighted by Crippen LogP contribution is 2.12. The summed E-state index contributed by atoms with van der Waals surface area (Å²) in [6, 6.07) is 9.09. The molecular formula is C21H28N4O3. The number of nitrogens with one attached hydrogen (secondary N) is 1. The van der Waals surface area contributed by atoms with Crippen molar-refractivity contribution in [3.8, 4) is 0 Å². The Labute approximate surface area is 165 Å². The maximum Gasteiger partial charge on any atom is 0.254 e. The summed E-state index contributed by atoms with van der Waals surface area (Å²) < 4.78 is 4.97. The zero-order valence-corrected chi connectivity index (χ0v) is 16.6. The summed E-state index contributed by atoms with van der Waals surface area (Å²) in [4.78, 5) is 29.5. The van der Waals surface area contributed by atoms with E-state index in [4.69, 9.17) is 4.52 Å². The van der Waals surface area contributed by atoms with Gasteiger partial charge in [-0.15, -0.1) is 0 Å². The van der Waals surface area contributed by atoms with Gasteiger partial charge in [-0.25, -0.2) is 0 Å². The molecule has 3 rings (SSSR count). The number of anilines is 1. The molecule has 1 aliphatic heterocycles. The minimum absolute atomic E-state index is 0.0214. The highest BCUT2D eigenvalue weighted by molar-refractivity contribution is 5.99. The Morgan fingerprint density at radius 3 is 2.50 bits per heavy atom. The van der Waals surface area contributed by atoms with Crippen LogP contribution in [0.2, 0.25) is 0 Å². The van der Waals surface area contributed by atoms with Crippen molar-refractivity contribution >= 4 is 17.6 Å². The second-order valence-corrected chi connectivity index (χ2v) is 7.37. The zero-order valence-electron chi connectivity index (χ0n) is 16.6. The van der Waals surface area contributed by atoms with E-state index in [1.807, 2.05) is 31.2 Å². The lowest BCUT2D eigenvalue weighted by atomic mass is 10.1. The number of hydrogen-bond acceptors (Lipinski definition) is 5. The van der Waals surface area contributed by atoms with Crippen molar-refractivity contribution in [2.24, 2.45) is 0 Å². The van der Waals surface area contributed by atoms with Gasteiger partial charge < -0.3 is 19.6 Å². The highest BCUT2D eigenvalue weighted by Gasteiger charge is 2.21. The van der Waals surface area contributed by atoms with E-state index < -0.39 is 0 Å². The average Bonchev–Trinajstić information content (AvgIpc) is 3.10. The van der Waals surface area contributed by atoms with E-state index in [0.29, 0.717) is 23.7 Å². The molecule has 2 aromatic rings. The third kappa shape index (κ3) is 5.66. The van der Waals surface area contributed by atoms with Crippen molar-refractivity contribution in [2.45, 2.75) is 33.1 Å². The summed E-state index contributed by atoms with van der Waals surface area (Å²) in [6.07, 6.45) is 3.65. The molecule has 150 valence electrons. The van der Waals surface area contributed by atoms with Crippen LogP contribution in [-0.2, 0) is 4.79 Å². The molecule has 1 aromatic carbocycles. The van der Waals surface area contributed by atoms with Gasteiger partial charge in [0.25, 0.3) is 5.91 Å². The largest absolute Gasteiger partial charge is 0.360 e. The van der Waals surface area contributed by atoms with Crippen molar-refractivity contribution in [2.75, 3.05) is 38.0 Å². The van der Waals surface area contributed by atoms with Gasteiger partial charge in [0.2, 0.25) is 5.91 Å². The van der Waals surface area contributed by atoms with Gasteiger partial charge in [0, 0.05) is 24.7 Å². The maximum atomic E-state index is 13.0. The number of aromatic nitrogens is 1. The highest BCUT2D eigenvalue weighted by atomic mass is 16.5. The predicted molar refractivity (Wildman–Crippen MR) is 107 cm³/mol. The predicted octanol–water partition coefficient (Wildman–Crippen LogP) is 2.86. The molecule has 0 spiro atoms. The summed E-state index contributed by atoms with van der Waals surface area (Å²) in [6.45, 7) is 7.11. The van der Waals surface area contributed by atoms with E-state index >= 15 is 0 Å². The van der Waals surface area contributed by atoms with Gasteiger partial charge in [-0.05, 0) is 51.9 Å². The molecule has 1 aliphatic rings. The summed E-state index contributed by atoms with van der Waals surface area (Å²) in [5, 5.41) is 6.47. The maximum absolute atomic E-state index is 13.0. The third-order valence-corrected chi connectivity index (χ3v) is 4.95. The summed E-state index contributed by atoms with van der Waals surface area (Å²) in [7, 11) is 0. The second kappa shape index (κ2) is 9.50. The topological polar surface area (TPSA) is 78.7 Å². The number of hydrogen-bond donors (Lipinski definition) is 1. The summed E-state index contributed by atoms with van der Waals surface area (Å²) in [5.41, 5.74) is 1.69. The smallest absolute Gasteiger partial charge is 0.254 e. The quantitative estimate of drug-likeness (QED) is 0.794. The molecule has 0 atom stereocenters. The Hall–Kier alpha value is -2.67. The van der Waals surface area contributed by atoms with Crippen LogP contribution < -0.4 is 5.32 Å². The number of benzene rings is 1. The molecular weight excluding hydrogens is 356 g/mol. The molecule has 7 nitrogen and oxygen atoms in total. The van der Waals surface area contributed by atoms with Crippen LogP contribution in [0.3, 0.4) is 0 Å². The van der Waals surface area contributed by atoms with Gasteiger partial charge in [0.15, 0.2) is 5.82 Å². The Bertz CT molecular complexity index is 794. The first kappa shape index (κ1) is 20.1. The van der Waals surface area contributed by atoms with Crippen molar-refractivity contribution in [3.05, 3.63) is 47.2 Å². The van der Waals surface area contributed by atoms with Crippen molar-refractivity contribution < 1.29 is 14.1 Å². The lowest BCUT2D eigenvalue weighted by molar-refractivity contribution is -0.117. The normalized spacial score (nSPS) is 14.6. The fourth-order valence-electron chi connectivity index (χ4n) is 3.36. The molecule has 1 fully saturated rings. The van der Waals surface area contributed by atoms with Gasteiger partial charge in [0.1, 0.15) is 12.3 Å². The van der Waals surface area contributed by atoms with Crippen LogP contribution in [-0.4, -0.2) is 59.5 Å². The first-order valence-corrected chi connectivity index (χ1v) is 9.83. The van der Waals surface area contributed by atoms with Crippen LogP contribution >= 0.6 is 0 Å². The van der Waals surface area contributed by atoms with Gasteiger partial charge in [-0.2, -0.15) is 0 Å². The van der Waals surface area contributed by atoms with E-state index in [9.17, 15) is 9.59 Å². The summed E-state index contributed by atoms with van der Waals surface area (Å²) in [5.74, 6) is 0.560. The number of rotatable bonds is 7. The number of aryl methyl sites for hydroxylation is 2. The molecule has 0 saturated carbocycles. The minimum Gasteiger partial charge on any atom is -0.360 e. The molecule has 28 heavy (non-hydrogen) atoms. The Kier molecular flexibility index (Phi) is 6.81. The number of piperidine rings is 1. The molecule has 0 bridgehead atoms. The van der Waals surface area contributed by atoms with E-state index in [1.54, 1.807) is 17.9 Å². The molecule has 1 aromatic heterocycles. The number of nitrogens with zero attached hydrogens (tertiary/aromatic N) is 3. The Morgan fingerprint density at radius 1 is 1.14 bits per heavy atom. The standard InChI is InChI=1S/C21H28N4O3/c1-16-6-8-18(9-7-16)21(27)25(13-12-24-10-4-3-5-11-24)15-20(26)22-19-14-17(2)28-23-19/h6-9,14H,3-5,10-13,15H2,1-2H3,(H,22,23,26). The Balaban J connectivity index is 1.66. The molecule has 0 radical (unpaired) electrons. The lowest BCUT2D eigenvalue weighted by Crippen LogP contribution is -2.43. The van der Waals surface area contributed by atoms with E-state index in [1.165, 1.54) is 19.3 Å². The van der Waals surface area contributed by atoms with Crippen molar-refractivity contribution in [3.63, 3.8) is 0 Å². The molecule has 2 heterocycles. The third-order valence-electron chi connectivity index (χ3n) is 4.95. The van der Waals surface area contributed by atoms with Crippen LogP contribution in [0.25, 0.3) is 0 Å².